The van der Waals surface area contributed by atoms with Crippen molar-refractivity contribution in [2.45, 2.75) is 38.4 Å². The average Bonchev–Trinajstić information content (AvgIpc) is 3.10. The molecule has 0 saturated carbocycles. The first-order chi connectivity index (χ1) is 14.1. The molecule has 2 aliphatic rings. The molecule has 4 rings (SSSR count). The Morgan fingerprint density at radius 1 is 1.34 bits per heavy atom. The number of fused-ring (bicyclic) bond motifs is 1. The smallest absolute Gasteiger partial charge is 0.409 e. The molecule has 1 N–H and O–H groups in total. The van der Waals surface area contributed by atoms with Crippen LogP contribution in [0.3, 0.4) is 0 Å². The Morgan fingerprint density at radius 2 is 2.10 bits per heavy atom. The van der Waals surface area contributed by atoms with Crippen LogP contribution in [0.15, 0.2) is 35.5 Å². The van der Waals surface area contributed by atoms with E-state index in [1.807, 2.05) is 49.9 Å². The van der Waals surface area contributed by atoms with Gasteiger partial charge in [-0.25, -0.2) is 14.5 Å². The fourth-order valence-electron chi connectivity index (χ4n) is 3.96. The van der Waals surface area contributed by atoms with Crippen molar-refractivity contribution in [3.8, 4) is 0 Å². The second-order valence-electron chi connectivity index (χ2n) is 7.48. The summed E-state index contributed by atoms with van der Waals surface area (Å²) in [5.74, 6) is 0.868. The Hall–Kier alpha value is -2.32. The lowest BCUT2D eigenvalue weighted by molar-refractivity contribution is 0.0930. The van der Waals surface area contributed by atoms with Crippen molar-refractivity contribution in [2.75, 3.05) is 19.7 Å². The fraction of sp³-hybridized carbons (Fsp3) is 0.450. The van der Waals surface area contributed by atoms with Crippen LogP contribution < -0.4 is 10.8 Å². The van der Waals surface area contributed by atoms with Gasteiger partial charge in [0, 0.05) is 42.3 Å². The van der Waals surface area contributed by atoms with Crippen LogP contribution in [-0.4, -0.2) is 60.1 Å². The molecule has 1 atom stereocenters. The largest absolute Gasteiger partial charge is 0.450 e. The number of hydrogen-bond donors (Lipinski definition) is 1. The third-order valence-corrected chi connectivity index (χ3v) is 5.83. The molecule has 2 aromatic rings. The summed E-state index contributed by atoms with van der Waals surface area (Å²) in [5, 5.41) is 8.99. The number of hydrogen-bond acceptors (Lipinski definition) is 5. The van der Waals surface area contributed by atoms with Gasteiger partial charge in [0.2, 0.25) is 0 Å². The molecule has 1 unspecified atom stereocenters. The highest BCUT2D eigenvalue weighted by Crippen LogP contribution is 2.29. The molecule has 0 bridgehead atoms. The maximum absolute atomic E-state index is 11.9. The Morgan fingerprint density at radius 3 is 2.83 bits per heavy atom. The highest BCUT2D eigenvalue weighted by molar-refractivity contribution is 6.36. The highest BCUT2D eigenvalue weighted by atomic mass is 35.5. The predicted molar refractivity (Wildman–Crippen MR) is 116 cm³/mol. The highest BCUT2D eigenvalue weighted by Gasteiger charge is 2.30. The number of carbonyl (C=O) groups excluding carboxylic acids is 1. The van der Waals surface area contributed by atoms with Crippen LogP contribution in [0.25, 0.3) is 0 Å². The zero-order valence-electron chi connectivity index (χ0n) is 16.8. The van der Waals surface area contributed by atoms with Gasteiger partial charge in [-0.2, -0.15) is 5.10 Å². The Balaban J connectivity index is 1.49. The first-order valence-corrected chi connectivity index (χ1v) is 10.5. The van der Waals surface area contributed by atoms with Crippen molar-refractivity contribution in [1.29, 1.82) is 0 Å². The lowest BCUT2D eigenvalue weighted by Crippen LogP contribution is -2.47. The molecule has 29 heavy (non-hydrogen) atoms. The van der Waals surface area contributed by atoms with Crippen molar-refractivity contribution in [1.82, 2.24) is 20.0 Å². The summed E-state index contributed by atoms with van der Waals surface area (Å²) in [6.07, 6.45) is 4.10. The fourth-order valence-corrected chi connectivity index (χ4v) is 4.21. The second kappa shape index (κ2) is 8.59. The zero-order valence-corrected chi connectivity index (χ0v) is 17.5. The third kappa shape index (κ3) is 4.18. The number of rotatable bonds is 4. The first-order valence-electron chi connectivity index (χ1n) is 10.1. The van der Waals surface area contributed by atoms with Gasteiger partial charge >= 0.3 is 6.09 Å². The number of amides is 1. The summed E-state index contributed by atoms with van der Waals surface area (Å²) < 4.78 is 7.08. The van der Waals surface area contributed by atoms with Crippen LogP contribution in [-0.2, 0) is 4.74 Å². The Kier molecular flexibility index (Phi) is 5.92. The Bertz CT molecular complexity index is 923. The number of halogens is 1. The molecule has 9 heteroatoms. The van der Waals surface area contributed by atoms with Crippen LogP contribution in [0, 0.1) is 0 Å². The summed E-state index contributed by atoms with van der Waals surface area (Å²) in [6, 6.07) is 8.12. The SMILES string of the molecule is Bc1cnn2c1N=C(c1ccccc1Cl)CC2NC1CCN(C(=O)OCC)CC1. The number of aromatic nitrogens is 2. The van der Waals surface area contributed by atoms with Crippen molar-refractivity contribution >= 4 is 42.5 Å². The van der Waals surface area contributed by atoms with E-state index in [0.717, 1.165) is 35.4 Å². The molecule has 3 heterocycles. The van der Waals surface area contributed by atoms with E-state index in [0.29, 0.717) is 37.2 Å². The van der Waals surface area contributed by atoms with Gasteiger partial charge in [0.25, 0.3) is 0 Å². The molecule has 0 radical (unpaired) electrons. The van der Waals surface area contributed by atoms with E-state index in [9.17, 15) is 4.79 Å². The van der Waals surface area contributed by atoms with Crippen molar-refractivity contribution in [3.63, 3.8) is 0 Å². The monoisotopic (exact) mass is 413 g/mol. The minimum Gasteiger partial charge on any atom is -0.450 e. The maximum atomic E-state index is 11.9. The number of aliphatic imine (C=N–C) groups is 1. The standard InChI is InChI=1S/C20H25BClN5O2/c1-2-29-20(28)26-9-7-13(8-10-26)24-18-11-17(14-5-3-4-6-16(14)22)25-19-15(21)12-23-27(18)19/h3-6,12-13,18,24H,2,7-11,21H2,1H3. The van der Waals surface area contributed by atoms with Gasteiger partial charge in [-0.05, 0) is 31.3 Å². The van der Waals surface area contributed by atoms with Crippen molar-refractivity contribution < 1.29 is 9.53 Å². The van der Waals surface area contributed by atoms with Gasteiger partial charge in [-0.3, -0.25) is 5.32 Å². The number of ether oxygens (including phenoxy) is 1. The molecule has 1 amide bonds. The summed E-state index contributed by atoms with van der Waals surface area (Å²) in [7, 11) is 2.02. The number of carbonyl (C=O) groups is 1. The lowest BCUT2D eigenvalue weighted by Gasteiger charge is -2.35. The molecule has 7 nitrogen and oxygen atoms in total. The number of piperidine rings is 1. The van der Waals surface area contributed by atoms with Gasteiger partial charge in [-0.15, -0.1) is 0 Å². The number of likely N-dealkylation sites (tertiary alicyclic amines) is 1. The molecule has 1 aromatic carbocycles. The minimum atomic E-state index is -0.221. The number of nitrogens with one attached hydrogen (secondary N) is 1. The van der Waals surface area contributed by atoms with E-state index in [1.165, 1.54) is 0 Å². The van der Waals surface area contributed by atoms with E-state index in [-0.39, 0.29) is 12.3 Å². The average molecular weight is 414 g/mol. The molecule has 152 valence electrons. The van der Waals surface area contributed by atoms with Crippen molar-refractivity contribution in [3.05, 3.63) is 41.0 Å². The van der Waals surface area contributed by atoms with Gasteiger partial charge < -0.3 is 9.64 Å². The van der Waals surface area contributed by atoms with E-state index >= 15 is 0 Å². The maximum Gasteiger partial charge on any atom is 0.409 e. The zero-order chi connectivity index (χ0) is 20.4. The van der Waals surface area contributed by atoms with Gasteiger partial charge in [-0.1, -0.05) is 29.8 Å². The number of nitrogens with zero attached hydrogens (tertiary/aromatic N) is 4. The lowest BCUT2D eigenvalue weighted by atomic mass is 9.97. The van der Waals surface area contributed by atoms with Crippen LogP contribution >= 0.6 is 11.6 Å². The molecule has 1 fully saturated rings. The summed E-state index contributed by atoms with van der Waals surface area (Å²) in [4.78, 5) is 18.6. The van der Waals surface area contributed by atoms with E-state index < -0.39 is 0 Å². The third-order valence-electron chi connectivity index (χ3n) is 5.50. The first kappa shape index (κ1) is 20.0. The predicted octanol–water partition coefficient (Wildman–Crippen LogP) is 2.03. The van der Waals surface area contributed by atoms with E-state index in [4.69, 9.17) is 21.3 Å². The van der Waals surface area contributed by atoms with Crippen LogP contribution in [0.1, 0.15) is 37.9 Å². The number of benzene rings is 1. The summed E-state index contributed by atoms with van der Waals surface area (Å²) in [5.41, 5.74) is 2.97. The topological polar surface area (TPSA) is 71.8 Å². The second-order valence-corrected chi connectivity index (χ2v) is 7.89. The van der Waals surface area contributed by atoms with Gasteiger partial charge in [0.15, 0.2) is 0 Å². The van der Waals surface area contributed by atoms with Gasteiger partial charge in [0.05, 0.1) is 12.3 Å². The minimum absolute atomic E-state index is 0.00150. The molecule has 0 spiro atoms. The normalized spacial score (nSPS) is 19.6. The van der Waals surface area contributed by atoms with Gasteiger partial charge in [0.1, 0.15) is 19.8 Å². The molecule has 0 aliphatic carbocycles. The van der Waals surface area contributed by atoms with Crippen LogP contribution in [0.4, 0.5) is 10.6 Å². The Labute approximate surface area is 176 Å². The molecule has 1 saturated heterocycles. The van der Waals surface area contributed by atoms with E-state index in [1.54, 1.807) is 4.90 Å². The van der Waals surface area contributed by atoms with Crippen molar-refractivity contribution in [2.24, 2.45) is 4.99 Å². The molecule has 1 aromatic heterocycles. The van der Waals surface area contributed by atoms with Crippen LogP contribution in [0.2, 0.25) is 5.02 Å². The summed E-state index contributed by atoms with van der Waals surface area (Å²) in [6.45, 7) is 3.63. The summed E-state index contributed by atoms with van der Waals surface area (Å²) >= 11 is 6.44. The molecular weight excluding hydrogens is 389 g/mol. The quantitative estimate of drug-likeness (QED) is 0.779. The van der Waals surface area contributed by atoms with E-state index in [2.05, 4.69) is 10.4 Å². The van der Waals surface area contributed by atoms with Crippen LogP contribution in [0.5, 0.6) is 0 Å². The molecule has 2 aliphatic heterocycles. The molecular formula is C20H25BClN5O2.